The zero-order chi connectivity index (χ0) is 20.8. The maximum Gasteiger partial charge on any atom is 0.269 e. The smallest absolute Gasteiger partial charge is 0.269 e. The standard InChI is InChI=1S/C19H19ClN6O3/c1-28-13-7-8-14(15(9-13)29-2)24-17-16(21)18(23-10-22-17)25-26-19(27)11-3-5-12(20)6-4-11/h3-10H,21H2,1-2H3,(H,26,27)(H2,22,23,24,25). The van der Waals surface area contributed by atoms with Gasteiger partial charge in [0, 0.05) is 16.7 Å². The summed E-state index contributed by atoms with van der Waals surface area (Å²) < 4.78 is 10.5. The first-order chi connectivity index (χ1) is 14.0. The fraction of sp³-hybridized carbons (Fsp3) is 0.105. The summed E-state index contributed by atoms with van der Waals surface area (Å²) in [4.78, 5) is 20.4. The van der Waals surface area contributed by atoms with Gasteiger partial charge in [-0.3, -0.25) is 15.6 Å². The lowest BCUT2D eigenvalue weighted by Crippen LogP contribution is -2.30. The molecule has 9 nitrogen and oxygen atoms in total. The van der Waals surface area contributed by atoms with E-state index in [4.69, 9.17) is 26.8 Å². The first kappa shape index (κ1) is 20.0. The minimum Gasteiger partial charge on any atom is -0.497 e. The summed E-state index contributed by atoms with van der Waals surface area (Å²) in [5.74, 6) is 1.40. The average molecular weight is 415 g/mol. The molecule has 0 aliphatic rings. The molecule has 1 heterocycles. The highest BCUT2D eigenvalue weighted by molar-refractivity contribution is 6.30. The van der Waals surface area contributed by atoms with E-state index in [1.807, 2.05) is 0 Å². The molecule has 150 valence electrons. The monoisotopic (exact) mass is 414 g/mol. The number of nitrogen functional groups attached to an aromatic ring is 1. The van der Waals surface area contributed by atoms with Crippen molar-refractivity contribution in [2.24, 2.45) is 0 Å². The normalized spacial score (nSPS) is 10.2. The van der Waals surface area contributed by atoms with Crippen LogP contribution in [0, 0.1) is 0 Å². The van der Waals surface area contributed by atoms with Crippen LogP contribution in [-0.4, -0.2) is 30.1 Å². The van der Waals surface area contributed by atoms with Crippen molar-refractivity contribution in [3.05, 3.63) is 59.4 Å². The number of rotatable bonds is 7. The number of nitrogens with zero attached hydrogens (tertiary/aromatic N) is 2. The van der Waals surface area contributed by atoms with Crippen molar-refractivity contribution in [3.8, 4) is 11.5 Å². The van der Waals surface area contributed by atoms with Crippen LogP contribution in [0.2, 0.25) is 5.02 Å². The SMILES string of the molecule is COc1ccc(Nc2ncnc(NNC(=O)c3ccc(Cl)cc3)c2N)c(OC)c1. The number of ether oxygens (including phenoxy) is 2. The van der Waals surface area contributed by atoms with Gasteiger partial charge in [0.25, 0.3) is 5.91 Å². The van der Waals surface area contributed by atoms with E-state index in [-0.39, 0.29) is 17.4 Å². The number of methoxy groups -OCH3 is 2. The lowest BCUT2D eigenvalue weighted by Gasteiger charge is -2.15. The van der Waals surface area contributed by atoms with Gasteiger partial charge in [0.05, 0.1) is 19.9 Å². The van der Waals surface area contributed by atoms with Gasteiger partial charge in [-0.2, -0.15) is 0 Å². The fourth-order valence-corrected chi connectivity index (χ4v) is 2.54. The molecule has 29 heavy (non-hydrogen) atoms. The number of amides is 1. The summed E-state index contributed by atoms with van der Waals surface area (Å²) in [6.45, 7) is 0. The Hall–Kier alpha value is -3.72. The molecule has 10 heteroatoms. The number of aromatic nitrogens is 2. The Bertz CT molecular complexity index is 1010. The fourth-order valence-electron chi connectivity index (χ4n) is 2.41. The number of carbonyl (C=O) groups is 1. The number of nitrogens with two attached hydrogens (primary N) is 1. The largest absolute Gasteiger partial charge is 0.497 e. The highest BCUT2D eigenvalue weighted by Crippen LogP contribution is 2.33. The van der Waals surface area contributed by atoms with Crippen LogP contribution in [-0.2, 0) is 0 Å². The molecule has 0 bridgehead atoms. The van der Waals surface area contributed by atoms with Crippen molar-refractivity contribution in [3.63, 3.8) is 0 Å². The predicted octanol–water partition coefficient (Wildman–Crippen LogP) is 3.23. The van der Waals surface area contributed by atoms with Crippen molar-refractivity contribution in [2.75, 3.05) is 30.7 Å². The Morgan fingerprint density at radius 1 is 1.03 bits per heavy atom. The Kier molecular flexibility index (Phi) is 6.20. The van der Waals surface area contributed by atoms with Crippen LogP contribution in [0.15, 0.2) is 48.8 Å². The van der Waals surface area contributed by atoms with Gasteiger partial charge in [-0.15, -0.1) is 0 Å². The van der Waals surface area contributed by atoms with Crippen LogP contribution in [0.1, 0.15) is 10.4 Å². The number of halogens is 1. The minimum absolute atomic E-state index is 0.210. The maximum absolute atomic E-state index is 12.2. The molecular weight excluding hydrogens is 396 g/mol. The molecule has 5 N–H and O–H groups in total. The number of hydrazine groups is 1. The highest BCUT2D eigenvalue weighted by atomic mass is 35.5. The lowest BCUT2D eigenvalue weighted by atomic mass is 10.2. The van der Waals surface area contributed by atoms with E-state index in [1.165, 1.54) is 6.33 Å². The quantitative estimate of drug-likeness (QED) is 0.434. The molecule has 0 aliphatic heterocycles. The van der Waals surface area contributed by atoms with Crippen molar-refractivity contribution < 1.29 is 14.3 Å². The van der Waals surface area contributed by atoms with Gasteiger partial charge in [-0.1, -0.05) is 11.6 Å². The molecule has 0 saturated heterocycles. The Labute approximate surface area is 172 Å². The summed E-state index contributed by atoms with van der Waals surface area (Å²) >= 11 is 5.83. The molecule has 0 atom stereocenters. The molecule has 1 amide bonds. The van der Waals surface area contributed by atoms with E-state index in [9.17, 15) is 4.79 Å². The summed E-state index contributed by atoms with van der Waals surface area (Å²) in [5.41, 5.74) is 12.6. The Balaban J connectivity index is 1.74. The second-order valence-corrected chi connectivity index (χ2v) is 6.20. The van der Waals surface area contributed by atoms with E-state index in [0.29, 0.717) is 33.6 Å². The first-order valence-corrected chi connectivity index (χ1v) is 8.81. The molecule has 0 fully saturated rings. The van der Waals surface area contributed by atoms with Gasteiger partial charge in [0.2, 0.25) is 0 Å². The number of carbonyl (C=O) groups excluding carboxylic acids is 1. The molecule has 0 saturated carbocycles. The number of hydrogen-bond donors (Lipinski definition) is 4. The molecule has 3 rings (SSSR count). The van der Waals surface area contributed by atoms with Crippen molar-refractivity contribution in [1.82, 2.24) is 15.4 Å². The molecule has 0 unspecified atom stereocenters. The highest BCUT2D eigenvalue weighted by Gasteiger charge is 2.13. The van der Waals surface area contributed by atoms with Gasteiger partial charge < -0.3 is 20.5 Å². The molecule has 1 aromatic heterocycles. The van der Waals surface area contributed by atoms with Crippen LogP contribution >= 0.6 is 11.6 Å². The average Bonchev–Trinajstić information content (AvgIpc) is 2.74. The molecule has 2 aromatic carbocycles. The van der Waals surface area contributed by atoms with Gasteiger partial charge in [-0.05, 0) is 36.4 Å². The molecular formula is C19H19ClN6O3. The summed E-state index contributed by atoms with van der Waals surface area (Å²) in [5, 5.41) is 3.63. The van der Waals surface area contributed by atoms with E-state index < -0.39 is 0 Å². The van der Waals surface area contributed by atoms with Gasteiger partial charge in [0.15, 0.2) is 11.6 Å². The number of nitrogens with one attached hydrogen (secondary N) is 3. The third kappa shape index (κ3) is 4.77. The van der Waals surface area contributed by atoms with Crippen molar-refractivity contribution in [1.29, 1.82) is 0 Å². The summed E-state index contributed by atoms with van der Waals surface area (Å²) in [6.07, 6.45) is 1.31. The minimum atomic E-state index is -0.369. The number of benzene rings is 2. The maximum atomic E-state index is 12.2. The third-order valence-electron chi connectivity index (χ3n) is 3.95. The van der Waals surface area contributed by atoms with E-state index in [2.05, 4.69) is 26.1 Å². The van der Waals surface area contributed by atoms with Crippen LogP contribution in [0.4, 0.5) is 23.0 Å². The van der Waals surface area contributed by atoms with Gasteiger partial charge >= 0.3 is 0 Å². The van der Waals surface area contributed by atoms with Crippen molar-refractivity contribution in [2.45, 2.75) is 0 Å². The van der Waals surface area contributed by atoms with Crippen LogP contribution < -0.4 is 31.4 Å². The third-order valence-corrected chi connectivity index (χ3v) is 4.20. The predicted molar refractivity (Wildman–Crippen MR) is 112 cm³/mol. The Morgan fingerprint density at radius 3 is 2.45 bits per heavy atom. The molecule has 0 radical (unpaired) electrons. The van der Waals surface area contributed by atoms with Gasteiger partial charge in [0.1, 0.15) is 23.5 Å². The Morgan fingerprint density at radius 2 is 1.76 bits per heavy atom. The topological polar surface area (TPSA) is 123 Å². The van der Waals surface area contributed by atoms with Crippen LogP contribution in [0.3, 0.4) is 0 Å². The second-order valence-electron chi connectivity index (χ2n) is 5.76. The first-order valence-electron chi connectivity index (χ1n) is 8.43. The summed E-state index contributed by atoms with van der Waals surface area (Å²) in [6, 6.07) is 11.7. The second kappa shape index (κ2) is 8.98. The van der Waals surface area contributed by atoms with Crippen molar-refractivity contribution >= 4 is 40.5 Å². The lowest BCUT2D eigenvalue weighted by molar-refractivity contribution is 0.0962. The van der Waals surface area contributed by atoms with Crippen LogP contribution in [0.25, 0.3) is 0 Å². The summed E-state index contributed by atoms with van der Waals surface area (Å²) in [7, 11) is 3.11. The molecule has 3 aromatic rings. The number of anilines is 4. The number of hydrogen-bond acceptors (Lipinski definition) is 8. The molecule has 0 spiro atoms. The van der Waals surface area contributed by atoms with Gasteiger partial charge in [-0.25, -0.2) is 9.97 Å². The molecule has 0 aliphatic carbocycles. The van der Waals surface area contributed by atoms with E-state index in [1.54, 1.807) is 56.7 Å². The zero-order valence-corrected chi connectivity index (χ0v) is 16.4. The van der Waals surface area contributed by atoms with E-state index >= 15 is 0 Å². The zero-order valence-electron chi connectivity index (χ0n) is 15.7. The van der Waals surface area contributed by atoms with Crippen LogP contribution in [0.5, 0.6) is 11.5 Å². The van der Waals surface area contributed by atoms with E-state index in [0.717, 1.165) is 0 Å².